The zero-order valence-electron chi connectivity index (χ0n) is 18.8. The van der Waals surface area contributed by atoms with Crippen LogP contribution >= 0.6 is 37.2 Å². The molecule has 2 aliphatic rings. The molecule has 0 bridgehead atoms. The summed E-state index contributed by atoms with van der Waals surface area (Å²) in [6.07, 6.45) is 7.68. The maximum Gasteiger partial charge on any atom is 0.146 e. The minimum Gasteiger partial charge on any atom is -0.505 e. The average molecular weight is 505 g/mol. The maximum atomic E-state index is 11.1. The van der Waals surface area contributed by atoms with E-state index in [1.807, 2.05) is 24.3 Å². The van der Waals surface area contributed by atoms with Crippen LogP contribution in [-0.2, 0) is 13.1 Å². The minimum absolute atomic E-state index is 0. The molecule has 180 valence electrons. The molecule has 0 saturated carbocycles. The molecule has 32 heavy (non-hydrogen) atoms. The smallest absolute Gasteiger partial charge is 0.146 e. The van der Waals surface area contributed by atoms with Gasteiger partial charge in [0, 0.05) is 24.2 Å². The molecule has 1 N–H and O–H groups in total. The summed E-state index contributed by atoms with van der Waals surface area (Å²) in [5.41, 5.74) is 3.68. The summed E-state index contributed by atoms with van der Waals surface area (Å²) in [6, 6.07) is 9.95. The standard InChI is InChI=1S/C24H33N3O2.3ClH/c1-29-22-10-8-19(9-11-22)23-24(28)20(17-26-12-4-2-5-13-26)16-21(25-23)18-27-14-6-3-7-15-27;;;/h8-11,16,28H,2-7,12-15,17-18H2,1H3;3*1H. The topological polar surface area (TPSA) is 48.8 Å². The summed E-state index contributed by atoms with van der Waals surface area (Å²) in [5, 5.41) is 11.1. The van der Waals surface area contributed by atoms with E-state index in [-0.39, 0.29) is 37.2 Å². The van der Waals surface area contributed by atoms with Crippen LogP contribution < -0.4 is 4.74 Å². The quantitative estimate of drug-likeness (QED) is 0.547. The van der Waals surface area contributed by atoms with Crippen molar-refractivity contribution < 1.29 is 9.84 Å². The SMILES string of the molecule is COc1ccc(-c2nc(CN3CCCCC3)cc(CN3CCCCC3)c2O)cc1.Cl.Cl.Cl. The Morgan fingerprint density at radius 1 is 0.812 bits per heavy atom. The number of halogens is 3. The number of pyridine rings is 1. The van der Waals surface area contributed by atoms with Gasteiger partial charge in [0.05, 0.1) is 12.8 Å². The first-order chi connectivity index (χ1) is 14.2. The van der Waals surface area contributed by atoms with Crippen molar-refractivity contribution >= 4 is 37.2 Å². The fourth-order valence-electron chi connectivity index (χ4n) is 4.51. The Labute approximate surface area is 210 Å². The summed E-state index contributed by atoms with van der Waals surface area (Å²) in [5.74, 6) is 1.13. The molecule has 0 amide bonds. The lowest BCUT2D eigenvalue weighted by molar-refractivity contribution is 0.214. The Balaban J connectivity index is 0.00000171. The summed E-state index contributed by atoms with van der Waals surface area (Å²) < 4.78 is 5.29. The predicted molar refractivity (Wildman–Crippen MR) is 138 cm³/mol. The minimum atomic E-state index is 0. The van der Waals surface area contributed by atoms with Crippen molar-refractivity contribution in [2.24, 2.45) is 0 Å². The number of hydrogen-bond acceptors (Lipinski definition) is 5. The number of rotatable bonds is 6. The van der Waals surface area contributed by atoms with Gasteiger partial charge in [-0.1, -0.05) is 12.8 Å². The third kappa shape index (κ3) is 7.39. The van der Waals surface area contributed by atoms with E-state index in [0.717, 1.165) is 61.8 Å². The van der Waals surface area contributed by atoms with Gasteiger partial charge in [-0.2, -0.15) is 0 Å². The molecular weight excluding hydrogens is 469 g/mol. The number of aromatic nitrogens is 1. The third-order valence-corrected chi connectivity index (χ3v) is 6.17. The Morgan fingerprint density at radius 3 is 1.88 bits per heavy atom. The van der Waals surface area contributed by atoms with Gasteiger partial charge in [-0.05, 0) is 82.2 Å². The molecule has 0 aliphatic carbocycles. The van der Waals surface area contributed by atoms with Crippen LogP contribution in [-0.4, -0.2) is 53.2 Å². The van der Waals surface area contributed by atoms with Gasteiger partial charge in [0.15, 0.2) is 0 Å². The molecule has 2 aromatic rings. The van der Waals surface area contributed by atoms with Crippen molar-refractivity contribution in [2.75, 3.05) is 33.3 Å². The van der Waals surface area contributed by atoms with E-state index in [2.05, 4.69) is 15.9 Å². The van der Waals surface area contributed by atoms with Crippen LogP contribution in [0.4, 0.5) is 0 Å². The fraction of sp³-hybridized carbons (Fsp3) is 0.542. The second-order valence-corrected chi connectivity index (χ2v) is 8.37. The lowest BCUT2D eigenvalue weighted by Crippen LogP contribution is -2.30. The lowest BCUT2D eigenvalue weighted by atomic mass is 10.0. The van der Waals surface area contributed by atoms with Gasteiger partial charge in [-0.15, -0.1) is 37.2 Å². The van der Waals surface area contributed by atoms with Crippen LogP contribution in [0.5, 0.6) is 11.5 Å². The number of benzene rings is 1. The van der Waals surface area contributed by atoms with Crippen LogP contribution in [0.25, 0.3) is 11.3 Å². The summed E-state index contributed by atoms with van der Waals surface area (Å²) >= 11 is 0. The summed E-state index contributed by atoms with van der Waals surface area (Å²) in [7, 11) is 1.67. The van der Waals surface area contributed by atoms with Crippen molar-refractivity contribution in [1.82, 2.24) is 14.8 Å². The molecule has 2 aliphatic heterocycles. The Kier molecular flexibility index (Phi) is 12.7. The number of aromatic hydroxyl groups is 1. The largest absolute Gasteiger partial charge is 0.505 e. The highest BCUT2D eigenvalue weighted by atomic mass is 35.5. The van der Waals surface area contributed by atoms with Crippen molar-refractivity contribution in [2.45, 2.75) is 51.6 Å². The zero-order valence-corrected chi connectivity index (χ0v) is 21.2. The molecule has 0 spiro atoms. The number of hydrogen-bond donors (Lipinski definition) is 1. The number of nitrogens with zero attached hydrogens (tertiary/aromatic N) is 3. The molecule has 1 aromatic heterocycles. The first kappa shape index (κ1) is 28.8. The predicted octanol–water partition coefficient (Wildman–Crippen LogP) is 5.70. The Hall–Kier alpha value is -1.24. The molecule has 0 unspecified atom stereocenters. The van der Waals surface area contributed by atoms with E-state index in [4.69, 9.17) is 9.72 Å². The molecular formula is C24H36Cl3N3O2. The van der Waals surface area contributed by atoms with E-state index >= 15 is 0 Å². The summed E-state index contributed by atoms with van der Waals surface area (Å²) in [6.45, 7) is 6.16. The van der Waals surface area contributed by atoms with Gasteiger partial charge in [0.1, 0.15) is 17.2 Å². The number of ether oxygens (including phenoxy) is 1. The number of methoxy groups -OCH3 is 1. The Bertz CT molecular complexity index is 809. The molecule has 4 rings (SSSR count). The molecule has 0 radical (unpaired) electrons. The highest BCUT2D eigenvalue weighted by Crippen LogP contribution is 2.33. The van der Waals surface area contributed by atoms with E-state index in [1.54, 1.807) is 7.11 Å². The zero-order chi connectivity index (χ0) is 20.1. The van der Waals surface area contributed by atoms with E-state index in [1.165, 1.54) is 38.5 Å². The summed E-state index contributed by atoms with van der Waals surface area (Å²) in [4.78, 5) is 9.85. The van der Waals surface area contributed by atoms with Gasteiger partial charge in [0.25, 0.3) is 0 Å². The molecule has 2 fully saturated rings. The van der Waals surface area contributed by atoms with Crippen molar-refractivity contribution in [3.05, 3.63) is 41.6 Å². The third-order valence-electron chi connectivity index (χ3n) is 6.17. The van der Waals surface area contributed by atoms with E-state index in [0.29, 0.717) is 11.4 Å². The van der Waals surface area contributed by atoms with Crippen molar-refractivity contribution in [3.8, 4) is 22.8 Å². The average Bonchev–Trinajstić information content (AvgIpc) is 2.77. The lowest BCUT2D eigenvalue weighted by Gasteiger charge is -2.28. The molecule has 8 heteroatoms. The first-order valence-electron chi connectivity index (χ1n) is 11.0. The molecule has 0 atom stereocenters. The number of piperidine rings is 2. The van der Waals surface area contributed by atoms with Gasteiger partial charge in [-0.3, -0.25) is 9.80 Å². The molecule has 3 heterocycles. The van der Waals surface area contributed by atoms with Crippen LogP contribution in [0, 0.1) is 0 Å². The molecule has 5 nitrogen and oxygen atoms in total. The van der Waals surface area contributed by atoms with Crippen LogP contribution in [0.3, 0.4) is 0 Å². The van der Waals surface area contributed by atoms with E-state index in [9.17, 15) is 5.11 Å². The van der Waals surface area contributed by atoms with Gasteiger partial charge in [-0.25, -0.2) is 4.98 Å². The van der Waals surface area contributed by atoms with Crippen molar-refractivity contribution in [3.63, 3.8) is 0 Å². The monoisotopic (exact) mass is 503 g/mol. The van der Waals surface area contributed by atoms with Gasteiger partial charge >= 0.3 is 0 Å². The second-order valence-electron chi connectivity index (χ2n) is 8.37. The first-order valence-corrected chi connectivity index (χ1v) is 11.0. The van der Waals surface area contributed by atoms with Gasteiger partial charge < -0.3 is 9.84 Å². The fourth-order valence-corrected chi connectivity index (χ4v) is 4.51. The van der Waals surface area contributed by atoms with Crippen LogP contribution in [0.1, 0.15) is 49.8 Å². The highest BCUT2D eigenvalue weighted by molar-refractivity contribution is 5.86. The second kappa shape index (κ2) is 14.1. The normalized spacial score (nSPS) is 16.9. The van der Waals surface area contributed by atoms with Gasteiger partial charge in [0.2, 0.25) is 0 Å². The van der Waals surface area contributed by atoms with Crippen molar-refractivity contribution in [1.29, 1.82) is 0 Å². The molecule has 1 aromatic carbocycles. The molecule has 2 saturated heterocycles. The maximum absolute atomic E-state index is 11.1. The Morgan fingerprint density at radius 2 is 1.34 bits per heavy atom. The van der Waals surface area contributed by atoms with Crippen LogP contribution in [0.2, 0.25) is 0 Å². The highest BCUT2D eigenvalue weighted by Gasteiger charge is 2.19. The van der Waals surface area contributed by atoms with Crippen LogP contribution in [0.15, 0.2) is 30.3 Å². The van der Waals surface area contributed by atoms with E-state index < -0.39 is 0 Å². The number of likely N-dealkylation sites (tertiary alicyclic amines) is 2.